The van der Waals surface area contributed by atoms with Crippen LogP contribution in [0.3, 0.4) is 0 Å². The van der Waals surface area contributed by atoms with E-state index in [2.05, 4.69) is 57.5 Å². The van der Waals surface area contributed by atoms with E-state index in [1.54, 1.807) is 0 Å². The molecule has 0 fully saturated rings. The molecular formula is C17H30N2. The highest BCUT2D eigenvalue weighted by Crippen LogP contribution is 2.36. The van der Waals surface area contributed by atoms with E-state index in [0.717, 1.165) is 5.92 Å². The summed E-state index contributed by atoms with van der Waals surface area (Å²) in [5.41, 5.74) is 3.48. The lowest BCUT2D eigenvalue weighted by Crippen LogP contribution is -2.27. The van der Waals surface area contributed by atoms with E-state index in [4.69, 9.17) is 0 Å². The molecular weight excluding hydrogens is 232 g/mol. The van der Waals surface area contributed by atoms with Crippen LogP contribution in [0, 0.1) is 11.3 Å². The average Bonchev–Trinajstić information content (AvgIpc) is 2.57. The van der Waals surface area contributed by atoms with Gasteiger partial charge in [-0.1, -0.05) is 27.2 Å². The predicted octanol–water partition coefficient (Wildman–Crippen LogP) is 4.57. The molecule has 0 saturated carbocycles. The van der Waals surface area contributed by atoms with E-state index >= 15 is 0 Å². The van der Waals surface area contributed by atoms with Crippen LogP contribution in [0.2, 0.25) is 0 Å². The fourth-order valence-electron chi connectivity index (χ4n) is 3.21. The van der Waals surface area contributed by atoms with Crippen LogP contribution in [-0.4, -0.2) is 9.78 Å². The van der Waals surface area contributed by atoms with Gasteiger partial charge in [0.25, 0.3) is 0 Å². The van der Waals surface area contributed by atoms with E-state index in [0.29, 0.717) is 5.41 Å². The normalized spacial score (nSPS) is 21.7. The van der Waals surface area contributed by atoms with Crippen molar-refractivity contribution in [3.63, 3.8) is 0 Å². The van der Waals surface area contributed by atoms with Crippen LogP contribution in [0.1, 0.15) is 72.1 Å². The second-order valence-electron chi connectivity index (χ2n) is 8.21. The van der Waals surface area contributed by atoms with Crippen LogP contribution in [0.25, 0.3) is 0 Å². The molecule has 1 aromatic rings. The molecule has 1 aliphatic carbocycles. The number of fused-ring (bicyclic) bond motifs is 1. The van der Waals surface area contributed by atoms with Crippen molar-refractivity contribution < 1.29 is 0 Å². The van der Waals surface area contributed by atoms with Crippen molar-refractivity contribution in [1.29, 1.82) is 0 Å². The van der Waals surface area contributed by atoms with Crippen molar-refractivity contribution in [2.24, 2.45) is 11.3 Å². The molecule has 0 aliphatic heterocycles. The highest BCUT2D eigenvalue weighted by atomic mass is 15.3. The van der Waals surface area contributed by atoms with Gasteiger partial charge in [-0.05, 0) is 63.4 Å². The van der Waals surface area contributed by atoms with Crippen LogP contribution in [0.15, 0.2) is 6.20 Å². The number of nitrogens with zero attached hydrogens (tertiary/aromatic N) is 2. The Morgan fingerprint density at radius 3 is 2.37 bits per heavy atom. The van der Waals surface area contributed by atoms with Crippen molar-refractivity contribution >= 4 is 0 Å². The molecule has 1 unspecified atom stereocenters. The maximum atomic E-state index is 4.69. The van der Waals surface area contributed by atoms with Gasteiger partial charge in [0.2, 0.25) is 0 Å². The molecule has 0 radical (unpaired) electrons. The van der Waals surface area contributed by atoms with Gasteiger partial charge in [0.05, 0.1) is 11.7 Å². The Morgan fingerprint density at radius 1 is 1.11 bits per heavy atom. The summed E-state index contributed by atoms with van der Waals surface area (Å²) < 4.78 is 2.26. The van der Waals surface area contributed by atoms with Crippen LogP contribution in [-0.2, 0) is 18.4 Å². The van der Waals surface area contributed by atoms with Crippen LogP contribution >= 0.6 is 0 Å². The molecule has 1 atom stereocenters. The molecule has 0 spiro atoms. The number of aromatic nitrogens is 2. The first-order valence-corrected chi connectivity index (χ1v) is 7.76. The van der Waals surface area contributed by atoms with Crippen LogP contribution in [0.5, 0.6) is 0 Å². The number of rotatable bonds is 0. The Kier molecular flexibility index (Phi) is 3.81. The second-order valence-corrected chi connectivity index (χ2v) is 8.21. The van der Waals surface area contributed by atoms with Gasteiger partial charge in [0.1, 0.15) is 0 Å². The third-order valence-corrected chi connectivity index (χ3v) is 4.50. The summed E-state index contributed by atoms with van der Waals surface area (Å²) >= 11 is 0. The molecule has 0 aromatic carbocycles. The standard InChI is InChI=1S/C17H30N2/c1-16(2,3)14-9-7-8-10-15-13(11-14)12-18-19(15)17(4,5)6/h12,14H,7-11H2,1-6H3. The first-order valence-electron chi connectivity index (χ1n) is 7.76. The Morgan fingerprint density at radius 2 is 1.79 bits per heavy atom. The number of hydrogen-bond acceptors (Lipinski definition) is 1. The summed E-state index contributed by atoms with van der Waals surface area (Å²) in [6.07, 6.45) is 8.56. The largest absolute Gasteiger partial charge is 0.264 e. The summed E-state index contributed by atoms with van der Waals surface area (Å²) in [5, 5.41) is 4.69. The molecule has 0 N–H and O–H groups in total. The highest BCUT2D eigenvalue weighted by Gasteiger charge is 2.29. The molecule has 2 rings (SSSR count). The van der Waals surface area contributed by atoms with Gasteiger partial charge >= 0.3 is 0 Å². The minimum absolute atomic E-state index is 0.101. The third kappa shape index (κ3) is 3.21. The average molecular weight is 262 g/mol. The first-order chi connectivity index (χ1) is 8.69. The highest BCUT2D eigenvalue weighted by molar-refractivity contribution is 5.21. The lowest BCUT2D eigenvalue weighted by molar-refractivity contribution is 0.214. The van der Waals surface area contributed by atoms with Gasteiger partial charge in [0.15, 0.2) is 0 Å². The van der Waals surface area contributed by atoms with E-state index in [1.165, 1.54) is 43.4 Å². The van der Waals surface area contributed by atoms with Crippen molar-refractivity contribution in [3.8, 4) is 0 Å². The Hall–Kier alpha value is -0.790. The zero-order valence-corrected chi connectivity index (χ0v) is 13.6. The summed E-state index contributed by atoms with van der Waals surface area (Å²) in [4.78, 5) is 0. The fourth-order valence-corrected chi connectivity index (χ4v) is 3.21. The minimum Gasteiger partial charge on any atom is -0.264 e. The molecule has 2 heteroatoms. The van der Waals surface area contributed by atoms with Crippen molar-refractivity contribution in [3.05, 3.63) is 17.5 Å². The van der Waals surface area contributed by atoms with Gasteiger partial charge in [-0.15, -0.1) is 0 Å². The van der Waals surface area contributed by atoms with E-state index < -0.39 is 0 Å². The van der Waals surface area contributed by atoms with Gasteiger partial charge in [-0.3, -0.25) is 4.68 Å². The summed E-state index contributed by atoms with van der Waals surface area (Å²) in [5.74, 6) is 0.782. The van der Waals surface area contributed by atoms with Gasteiger partial charge in [-0.2, -0.15) is 5.10 Å². The Bertz CT molecular complexity index is 429. The SMILES string of the molecule is CC(C)(C)C1CCCCc2c(cnn2C(C)(C)C)C1. The van der Waals surface area contributed by atoms with Gasteiger partial charge < -0.3 is 0 Å². The van der Waals surface area contributed by atoms with Crippen molar-refractivity contribution in [1.82, 2.24) is 9.78 Å². The summed E-state index contributed by atoms with van der Waals surface area (Å²) in [7, 11) is 0. The molecule has 0 saturated heterocycles. The minimum atomic E-state index is 0.101. The molecule has 1 aliphatic rings. The maximum absolute atomic E-state index is 4.69. The monoisotopic (exact) mass is 262 g/mol. The second kappa shape index (κ2) is 4.96. The van der Waals surface area contributed by atoms with E-state index in [-0.39, 0.29) is 5.54 Å². The summed E-state index contributed by atoms with van der Waals surface area (Å²) in [6.45, 7) is 13.9. The maximum Gasteiger partial charge on any atom is 0.0546 e. The summed E-state index contributed by atoms with van der Waals surface area (Å²) in [6, 6.07) is 0. The van der Waals surface area contributed by atoms with Crippen LogP contribution < -0.4 is 0 Å². The lowest BCUT2D eigenvalue weighted by Gasteiger charge is -2.33. The fraction of sp³-hybridized carbons (Fsp3) is 0.824. The predicted molar refractivity (Wildman–Crippen MR) is 81.4 cm³/mol. The molecule has 1 heterocycles. The molecule has 0 amide bonds. The van der Waals surface area contributed by atoms with Crippen LogP contribution in [0.4, 0.5) is 0 Å². The van der Waals surface area contributed by atoms with E-state index in [9.17, 15) is 0 Å². The quantitative estimate of drug-likeness (QED) is 0.669. The third-order valence-electron chi connectivity index (χ3n) is 4.50. The van der Waals surface area contributed by atoms with Crippen molar-refractivity contribution in [2.45, 2.75) is 79.2 Å². The topological polar surface area (TPSA) is 17.8 Å². The molecule has 19 heavy (non-hydrogen) atoms. The smallest absolute Gasteiger partial charge is 0.0546 e. The molecule has 0 bridgehead atoms. The van der Waals surface area contributed by atoms with Crippen molar-refractivity contribution in [2.75, 3.05) is 0 Å². The lowest BCUT2D eigenvalue weighted by atomic mass is 9.73. The zero-order chi connectivity index (χ0) is 14.3. The molecule has 108 valence electrons. The zero-order valence-electron chi connectivity index (χ0n) is 13.6. The Balaban J connectivity index is 2.34. The van der Waals surface area contributed by atoms with E-state index in [1.807, 2.05) is 0 Å². The number of hydrogen-bond donors (Lipinski definition) is 0. The Labute approximate surface area is 118 Å². The first kappa shape index (κ1) is 14.6. The van der Waals surface area contributed by atoms with Gasteiger partial charge in [-0.25, -0.2) is 0 Å². The van der Waals surface area contributed by atoms with Gasteiger partial charge in [0, 0.05) is 5.69 Å². The molecule has 2 nitrogen and oxygen atoms in total. The molecule has 1 aromatic heterocycles.